The third-order valence-electron chi connectivity index (χ3n) is 3.74. The van der Waals surface area contributed by atoms with Crippen LogP contribution in [0.4, 0.5) is 0 Å². The number of carbonyl (C=O) groups is 3. The number of fused-ring (bicyclic) bond motifs is 2. The van der Waals surface area contributed by atoms with Crippen molar-refractivity contribution in [2.75, 3.05) is 5.75 Å². The molecule has 19 heavy (non-hydrogen) atoms. The molecule has 0 aromatic heterocycles. The summed E-state index contributed by atoms with van der Waals surface area (Å²) in [7, 11) is 0. The first kappa shape index (κ1) is 12.7. The number of carboxylic acids is 1. The van der Waals surface area contributed by atoms with Crippen LogP contribution in [0.15, 0.2) is 12.2 Å². The molecular formula is C12H13NO5S. The Kier molecular flexibility index (Phi) is 3.10. The van der Waals surface area contributed by atoms with E-state index in [0.717, 1.165) is 0 Å². The topological polar surface area (TPSA) is 92.7 Å². The quantitative estimate of drug-likeness (QED) is 0.696. The lowest BCUT2D eigenvalue weighted by molar-refractivity contribution is -0.146. The molecule has 6 nitrogen and oxygen atoms in total. The highest BCUT2D eigenvalue weighted by atomic mass is 32.2. The molecule has 102 valence electrons. The lowest BCUT2D eigenvalue weighted by Gasteiger charge is -2.22. The standard InChI is InChI=1S/C12H13NO5S/c14-10(13-5-3-4-19-12(5)17)8-6-1-2-7(18-6)9(8)11(15)16/h1-2,5-9H,3-4H2,(H,13,14)(H,15,16). The van der Waals surface area contributed by atoms with Gasteiger partial charge < -0.3 is 15.2 Å². The Labute approximate surface area is 113 Å². The van der Waals surface area contributed by atoms with E-state index in [-0.39, 0.29) is 5.12 Å². The number of aliphatic carboxylic acids is 1. The largest absolute Gasteiger partial charge is 0.481 e. The third-order valence-corrected chi connectivity index (χ3v) is 4.75. The molecule has 0 aliphatic carbocycles. The van der Waals surface area contributed by atoms with E-state index in [1.807, 2.05) is 0 Å². The van der Waals surface area contributed by atoms with Gasteiger partial charge >= 0.3 is 5.97 Å². The van der Waals surface area contributed by atoms with Crippen LogP contribution in [0.2, 0.25) is 0 Å². The molecule has 7 heteroatoms. The number of hydrogen-bond donors (Lipinski definition) is 2. The molecular weight excluding hydrogens is 270 g/mol. The van der Waals surface area contributed by atoms with Crippen molar-refractivity contribution < 1.29 is 24.2 Å². The number of rotatable bonds is 3. The molecule has 2 N–H and O–H groups in total. The normalized spacial score (nSPS) is 39.8. The van der Waals surface area contributed by atoms with Crippen LogP contribution in [0, 0.1) is 11.8 Å². The van der Waals surface area contributed by atoms with Gasteiger partial charge in [0.25, 0.3) is 0 Å². The highest BCUT2D eigenvalue weighted by Gasteiger charge is 2.53. The van der Waals surface area contributed by atoms with Gasteiger partial charge in [0, 0.05) is 5.75 Å². The van der Waals surface area contributed by atoms with Gasteiger partial charge in [0.2, 0.25) is 11.0 Å². The smallest absolute Gasteiger partial charge is 0.310 e. The molecule has 5 unspecified atom stereocenters. The van der Waals surface area contributed by atoms with Gasteiger partial charge in [-0.25, -0.2) is 0 Å². The monoisotopic (exact) mass is 283 g/mol. The molecule has 3 rings (SSSR count). The molecule has 1 amide bonds. The molecule has 3 heterocycles. The molecule has 0 saturated carbocycles. The van der Waals surface area contributed by atoms with Crippen molar-refractivity contribution in [3.8, 4) is 0 Å². The van der Waals surface area contributed by atoms with Crippen LogP contribution in [0.25, 0.3) is 0 Å². The first-order chi connectivity index (χ1) is 9.08. The first-order valence-electron chi connectivity index (χ1n) is 6.11. The minimum absolute atomic E-state index is 0.0557. The van der Waals surface area contributed by atoms with Gasteiger partial charge in [-0.15, -0.1) is 0 Å². The van der Waals surface area contributed by atoms with Crippen molar-refractivity contribution in [3.05, 3.63) is 12.2 Å². The van der Waals surface area contributed by atoms with Crippen LogP contribution < -0.4 is 5.32 Å². The summed E-state index contributed by atoms with van der Waals surface area (Å²) in [5, 5.41) is 11.8. The highest BCUT2D eigenvalue weighted by Crippen LogP contribution is 2.39. The molecule has 3 aliphatic rings. The average molecular weight is 283 g/mol. The fourth-order valence-electron chi connectivity index (χ4n) is 2.81. The maximum Gasteiger partial charge on any atom is 0.310 e. The van der Waals surface area contributed by atoms with E-state index in [1.54, 1.807) is 12.2 Å². The molecule has 2 fully saturated rings. The van der Waals surface area contributed by atoms with Crippen LogP contribution >= 0.6 is 11.8 Å². The molecule has 0 aromatic carbocycles. The van der Waals surface area contributed by atoms with Crippen molar-refractivity contribution >= 4 is 28.8 Å². The number of ether oxygens (including phenoxy) is 1. The van der Waals surface area contributed by atoms with Crippen molar-refractivity contribution in [1.29, 1.82) is 0 Å². The molecule has 2 bridgehead atoms. The highest BCUT2D eigenvalue weighted by molar-refractivity contribution is 8.14. The Bertz CT molecular complexity index is 477. The van der Waals surface area contributed by atoms with Gasteiger partial charge in [0.05, 0.1) is 24.2 Å². The fraction of sp³-hybridized carbons (Fsp3) is 0.583. The van der Waals surface area contributed by atoms with E-state index < -0.39 is 42.0 Å². The Morgan fingerprint density at radius 3 is 2.58 bits per heavy atom. The predicted molar refractivity (Wildman–Crippen MR) is 66.4 cm³/mol. The Hall–Kier alpha value is -1.34. The number of thioether (sulfide) groups is 1. The lowest BCUT2D eigenvalue weighted by atomic mass is 9.82. The average Bonchev–Trinajstić information content (AvgIpc) is 3.04. The predicted octanol–water partition coefficient (Wildman–Crippen LogP) is -0.211. The summed E-state index contributed by atoms with van der Waals surface area (Å²) < 4.78 is 5.43. The van der Waals surface area contributed by atoms with Gasteiger partial charge in [-0.2, -0.15) is 0 Å². The van der Waals surface area contributed by atoms with Crippen molar-refractivity contribution in [3.63, 3.8) is 0 Å². The number of carbonyl (C=O) groups excluding carboxylic acids is 2. The minimum atomic E-state index is -1.04. The van der Waals surface area contributed by atoms with Crippen LogP contribution in [0.1, 0.15) is 6.42 Å². The molecule has 0 spiro atoms. The zero-order chi connectivity index (χ0) is 13.6. The Morgan fingerprint density at radius 2 is 2.00 bits per heavy atom. The summed E-state index contributed by atoms with van der Waals surface area (Å²) in [4.78, 5) is 34.9. The zero-order valence-corrected chi connectivity index (χ0v) is 10.8. The van der Waals surface area contributed by atoms with E-state index in [9.17, 15) is 19.5 Å². The molecule has 0 radical (unpaired) electrons. The summed E-state index contributed by atoms with van der Waals surface area (Å²) in [5.41, 5.74) is 0. The van der Waals surface area contributed by atoms with Crippen LogP contribution in [-0.2, 0) is 19.1 Å². The zero-order valence-electron chi connectivity index (χ0n) is 9.94. The van der Waals surface area contributed by atoms with Crippen LogP contribution in [0.3, 0.4) is 0 Å². The van der Waals surface area contributed by atoms with E-state index in [4.69, 9.17) is 4.74 Å². The van der Waals surface area contributed by atoms with E-state index in [0.29, 0.717) is 12.2 Å². The second kappa shape index (κ2) is 4.64. The van der Waals surface area contributed by atoms with E-state index >= 15 is 0 Å². The SMILES string of the molecule is O=C1SCCC1NC(=O)C1C2C=CC(O2)C1C(=O)O. The van der Waals surface area contributed by atoms with E-state index in [1.165, 1.54) is 11.8 Å². The maximum absolute atomic E-state index is 12.2. The number of nitrogens with one attached hydrogen (secondary N) is 1. The Morgan fingerprint density at radius 1 is 1.32 bits per heavy atom. The lowest BCUT2D eigenvalue weighted by Crippen LogP contribution is -2.47. The summed E-state index contributed by atoms with van der Waals surface area (Å²) in [5.74, 6) is -2.35. The van der Waals surface area contributed by atoms with Crippen molar-refractivity contribution in [2.24, 2.45) is 11.8 Å². The number of carboxylic acid groups (broad SMARTS) is 1. The molecule has 0 aromatic rings. The second-order valence-corrected chi connectivity index (χ2v) is 5.96. The molecule has 3 aliphatic heterocycles. The van der Waals surface area contributed by atoms with Crippen molar-refractivity contribution in [2.45, 2.75) is 24.7 Å². The van der Waals surface area contributed by atoms with Crippen LogP contribution in [0.5, 0.6) is 0 Å². The summed E-state index contributed by atoms with van der Waals surface area (Å²) in [6.07, 6.45) is 2.98. The second-order valence-electron chi connectivity index (χ2n) is 4.86. The third kappa shape index (κ3) is 2.06. The Balaban J connectivity index is 1.73. The molecule has 2 saturated heterocycles. The number of hydrogen-bond acceptors (Lipinski definition) is 5. The van der Waals surface area contributed by atoms with Gasteiger partial charge in [-0.3, -0.25) is 14.4 Å². The maximum atomic E-state index is 12.2. The summed E-state index contributed by atoms with van der Waals surface area (Å²) in [6.45, 7) is 0. The first-order valence-corrected chi connectivity index (χ1v) is 7.10. The summed E-state index contributed by atoms with van der Waals surface area (Å²) in [6, 6.07) is -0.491. The minimum Gasteiger partial charge on any atom is -0.481 e. The molecule has 5 atom stereocenters. The summed E-state index contributed by atoms with van der Waals surface area (Å²) >= 11 is 1.20. The van der Waals surface area contributed by atoms with Crippen LogP contribution in [-0.4, -0.2) is 46.1 Å². The van der Waals surface area contributed by atoms with Gasteiger partial charge in [0.15, 0.2) is 0 Å². The fourth-order valence-corrected chi connectivity index (χ4v) is 3.74. The van der Waals surface area contributed by atoms with E-state index in [2.05, 4.69) is 5.32 Å². The van der Waals surface area contributed by atoms with Crippen molar-refractivity contribution in [1.82, 2.24) is 5.32 Å². The van der Waals surface area contributed by atoms with Gasteiger partial charge in [-0.05, 0) is 6.42 Å². The van der Waals surface area contributed by atoms with Gasteiger partial charge in [0.1, 0.15) is 5.92 Å². The number of amides is 1. The van der Waals surface area contributed by atoms with Gasteiger partial charge in [-0.1, -0.05) is 23.9 Å².